The SMILES string of the molecule is CC(Nc1cccc(F)c1)c1ccccc1Cl. The van der Waals surface area contributed by atoms with Gasteiger partial charge < -0.3 is 5.32 Å². The highest BCUT2D eigenvalue weighted by atomic mass is 35.5. The second kappa shape index (κ2) is 5.19. The lowest BCUT2D eigenvalue weighted by molar-refractivity contribution is 0.628. The number of rotatable bonds is 3. The lowest BCUT2D eigenvalue weighted by atomic mass is 10.1. The summed E-state index contributed by atoms with van der Waals surface area (Å²) in [5, 5.41) is 3.93. The van der Waals surface area contributed by atoms with E-state index in [1.807, 2.05) is 37.3 Å². The minimum Gasteiger partial charge on any atom is -0.378 e. The van der Waals surface area contributed by atoms with E-state index in [4.69, 9.17) is 11.6 Å². The Hall–Kier alpha value is -1.54. The van der Waals surface area contributed by atoms with Crippen LogP contribution in [-0.2, 0) is 0 Å². The van der Waals surface area contributed by atoms with Crippen molar-refractivity contribution in [1.29, 1.82) is 0 Å². The van der Waals surface area contributed by atoms with Crippen LogP contribution in [0.3, 0.4) is 0 Å². The topological polar surface area (TPSA) is 12.0 Å². The van der Waals surface area contributed by atoms with E-state index >= 15 is 0 Å². The van der Waals surface area contributed by atoms with Crippen molar-refractivity contribution in [1.82, 2.24) is 0 Å². The lowest BCUT2D eigenvalue weighted by Crippen LogP contribution is -2.07. The Kier molecular flexibility index (Phi) is 3.64. The van der Waals surface area contributed by atoms with Crippen molar-refractivity contribution in [3.8, 4) is 0 Å². The molecule has 2 aromatic carbocycles. The van der Waals surface area contributed by atoms with E-state index in [0.29, 0.717) is 5.02 Å². The van der Waals surface area contributed by atoms with Crippen LogP contribution >= 0.6 is 11.6 Å². The Labute approximate surface area is 105 Å². The van der Waals surface area contributed by atoms with Crippen LogP contribution in [0.15, 0.2) is 48.5 Å². The maximum atomic E-state index is 13.0. The smallest absolute Gasteiger partial charge is 0.125 e. The normalized spacial score (nSPS) is 12.2. The molecule has 88 valence electrons. The number of halogens is 2. The standard InChI is InChI=1S/C14H13ClFN/c1-10(13-7-2-3-8-14(13)15)17-12-6-4-5-11(16)9-12/h2-10,17H,1H3. The summed E-state index contributed by atoms with van der Waals surface area (Å²) in [6.45, 7) is 1.99. The third-order valence-electron chi connectivity index (χ3n) is 2.58. The fraction of sp³-hybridized carbons (Fsp3) is 0.143. The molecule has 0 amide bonds. The van der Waals surface area contributed by atoms with Gasteiger partial charge in [0.15, 0.2) is 0 Å². The predicted octanol–water partition coefficient (Wildman–Crippen LogP) is 4.65. The molecule has 0 saturated heterocycles. The highest BCUT2D eigenvalue weighted by Gasteiger charge is 2.08. The maximum Gasteiger partial charge on any atom is 0.125 e. The first kappa shape index (κ1) is 11.9. The van der Waals surface area contributed by atoms with Crippen LogP contribution in [0.25, 0.3) is 0 Å². The lowest BCUT2D eigenvalue weighted by Gasteiger charge is -2.16. The van der Waals surface area contributed by atoms with Crippen molar-refractivity contribution >= 4 is 17.3 Å². The van der Waals surface area contributed by atoms with Gasteiger partial charge in [-0.15, -0.1) is 0 Å². The third-order valence-corrected chi connectivity index (χ3v) is 2.92. The van der Waals surface area contributed by atoms with Gasteiger partial charge >= 0.3 is 0 Å². The van der Waals surface area contributed by atoms with E-state index in [-0.39, 0.29) is 11.9 Å². The van der Waals surface area contributed by atoms with Gasteiger partial charge in [0.2, 0.25) is 0 Å². The molecule has 0 heterocycles. The van der Waals surface area contributed by atoms with Crippen molar-refractivity contribution in [3.05, 3.63) is 64.9 Å². The van der Waals surface area contributed by atoms with Gasteiger partial charge in [-0.3, -0.25) is 0 Å². The molecule has 1 atom stereocenters. The molecule has 2 aromatic rings. The first-order valence-electron chi connectivity index (χ1n) is 5.43. The van der Waals surface area contributed by atoms with Gasteiger partial charge in [-0.25, -0.2) is 4.39 Å². The van der Waals surface area contributed by atoms with Crippen LogP contribution < -0.4 is 5.32 Å². The van der Waals surface area contributed by atoms with Crippen LogP contribution in [0, 0.1) is 5.82 Å². The van der Waals surface area contributed by atoms with E-state index in [0.717, 1.165) is 11.3 Å². The zero-order valence-corrected chi connectivity index (χ0v) is 10.2. The summed E-state index contributed by atoms with van der Waals surface area (Å²) in [7, 11) is 0. The van der Waals surface area contributed by atoms with Gasteiger partial charge in [0, 0.05) is 16.8 Å². The zero-order chi connectivity index (χ0) is 12.3. The highest BCUT2D eigenvalue weighted by Crippen LogP contribution is 2.25. The average Bonchev–Trinajstić information content (AvgIpc) is 2.29. The van der Waals surface area contributed by atoms with Crippen molar-refractivity contribution in [2.75, 3.05) is 5.32 Å². The summed E-state index contributed by atoms with van der Waals surface area (Å²) in [6.07, 6.45) is 0. The molecule has 1 nitrogen and oxygen atoms in total. The molecule has 0 aliphatic rings. The first-order chi connectivity index (χ1) is 8.16. The van der Waals surface area contributed by atoms with Crippen molar-refractivity contribution in [2.45, 2.75) is 13.0 Å². The Bertz CT molecular complexity index is 513. The molecule has 0 fully saturated rings. The minimum atomic E-state index is -0.249. The fourth-order valence-electron chi connectivity index (χ4n) is 1.73. The van der Waals surface area contributed by atoms with E-state index in [2.05, 4.69) is 5.32 Å². The summed E-state index contributed by atoms with van der Waals surface area (Å²) in [5.74, 6) is -0.249. The fourth-order valence-corrected chi connectivity index (χ4v) is 2.03. The number of anilines is 1. The molecule has 2 rings (SSSR count). The molecule has 0 aliphatic carbocycles. The van der Waals surface area contributed by atoms with Gasteiger partial charge in [-0.2, -0.15) is 0 Å². The molecule has 1 unspecified atom stereocenters. The molecular formula is C14H13ClFN. The van der Waals surface area contributed by atoms with Crippen molar-refractivity contribution in [3.63, 3.8) is 0 Å². The van der Waals surface area contributed by atoms with Crippen LogP contribution in [0.5, 0.6) is 0 Å². The van der Waals surface area contributed by atoms with Gasteiger partial charge in [-0.1, -0.05) is 35.9 Å². The Morgan fingerprint density at radius 1 is 1.12 bits per heavy atom. The molecular weight excluding hydrogens is 237 g/mol. The minimum absolute atomic E-state index is 0.0329. The summed E-state index contributed by atoms with van der Waals surface area (Å²) in [5.41, 5.74) is 1.75. The van der Waals surface area contributed by atoms with Gasteiger partial charge in [-0.05, 0) is 36.8 Å². The largest absolute Gasteiger partial charge is 0.378 e. The second-order valence-electron chi connectivity index (χ2n) is 3.90. The summed E-state index contributed by atoms with van der Waals surface area (Å²) in [6, 6.07) is 14.1. The molecule has 0 aromatic heterocycles. The van der Waals surface area contributed by atoms with E-state index in [1.54, 1.807) is 6.07 Å². The van der Waals surface area contributed by atoms with E-state index < -0.39 is 0 Å². The molecule has 0 saturated carbocycles. The van der Waals surface area contributed by atoms with E-state index in [1.165, 1.54) is 12.1 Å². The zero-order valence-electron chi connectivity index (χ0n) is 9.45. The van der Waals surface area contributed by atoms with E-state index in [9.17, 15) is 4.39 Å². The van der Waals surface area contributed by atoms with Gasteiger partial charge in [0.1, 0.15) is 5.82 Å². The van der Waals surface area contributed by atoms with Crippen LogP contribution in [0.1, 0.15) is 18.5 Å². The maximum absolute atomic E-state index is 13.0. The number of hydrogen-bond acceptors (Lipinski definition) is 1. The molecule has 0 bridgehead atoms. The molecule has 0 radical (unpaired) electrons. The number of nitrogens with one attached hydrogen (secondary N) is 1. The van der Waals surface area contributed by atoms with Crippen LogP contribution in [0.4, 0.5) is 10.1 Å². The quantitative estimate of drug-likeness (QED) is 0.835. The second-order valence-corrected chi connectivity index (χ2v) is 4.31. The molecule has 1 N–H and O–H groups in total. The summed E-state index contributed by atoms with van der Waals surface area (Å²) >= 11 is 6.10. The third kappa shape index (κ3) is 2.98. The average molecular weight is 250 g/mol. The summed E-state index contributed by atoms with van der Waals surface area (Å²) in [4.78, 5) is 0. The number of hydrogen-bond donors (Lipinski definition) is 1. The Morgan fingerprint density at radius 3 is 2.59 bits per heavy atom. The van der Waals surface area contributed by atoms with Gasteiger partial charge in [0.25, 0.3) is 0 Å². The Balaban J connectivity index is 2.17. The van der Waals surface area contributed by atoms with Crippen molar-refractivity contribution < 1.29 is 4.39 Å². The Morgan fingerprint density at radius 2 is 1.88 bits per heavy atom. The van der Waals surface area contributed by atoms with Crippen LogP contribution in [-0.4, -0.2) is 0 Å². The van der Waals surface area contributed by atoms with Crippen molar-refractivity contribution in [2.24, 2.45) is 0 Å². The highest BCUT2D eigenvalue weighted by molar-refractivity contribution is 6.31. The predicted molar refractivity (Wildman–Crippen MR) is 69.9 cm³/mol. The van der Waals surface area contributed by atoms with Crippen LogP contribution in [0.2, 0.25) is 5.02 Å². The molecule has 17 heavy (non-hydrogen) atoms. The van der Waals surface area contributed by atoms with Gasteiger partial charge in [0.05, 0.1) is 0 Å². The summed E-state index contributed by atoms with van der Waals surface area (Å²) < 4.78 is 13.0. The molecule has 0 spiro atoms. The first-order valence-corrected chi connectivity index (χ1v) is 5.81. The monoisotopic (exact) mass is 249 g/mol. The molecule has 3 heteroatoms. The molecule has 0 aliphatic heterocycles. The number of benzene rings is 2.